The van der Waals surface area contributed by atoms with Crippen molar-refractivity contribution in [2.45, 2.75) is 69.7 Å². The third-order valence-corrected chi connectivity index (χ3v) is 5.54. The van der Waals surface area contributed by atoms with E-state index in [4.69, 9.17) is 0 Å². The van der Waals surface area contributed by atoms with E-state index >= 15 is 0 Å². The summed E-state index contributed by atoms with van der Waals surface area (Å²) < 4.78 is 0. The second-order valence-corrected chi connectivity index (χ2v) is 7.16. The summed E-state index contributed by atoms with van der Waals surface area (Å²) in [6.07, 6.45) is 9.62. The Hall–Kier alpha value is -1.59. The quantitative estimate of drug-likeness (QED) is 0.600. The van der Waals surface area contributed by atoms with E-state index in [1.807, 2.05) is 0 Å². The molecule has 128 valence electrons. The standard InChI is InChI=1S/C17H27N3O3/c21-14(13-7-2-1-3-8-13)18-11-6-12-20-15(22)17(19-16(20)23)9-4-5-10-17/h13H,1-12H2,(H,18,21)(H,19,23). The summed E-state index contributed by atoms with van der Waals surface area (Å²) in [5, 5.41) is 5.84. The van der Waals surface area contributed by atoms with Crippen LogP contribution in [0.3, 0.4) is 0 Å². The third kappa shape index (κ3) is 3.35. The highest BCUT2D eigenvalue weighted by atomic mass is 16.2. The van der Waals surface area contributed by atoms with Crippen LogP contribution in [0.2, 0.25) is 0 Å². The zero-order valence-corrected chi connectivity index (χ0v) is 13.7. The number of rotatable bonds is 5. The van der Waals surface area contributed by atoms with Crippen LogP contribution in [-0.2, 0) is 9.59 Å². The molecule has 2 aliphatic carbocycles. The van der Waals surface area contributed by atoms with Gasteiger partial charge in [-0.15, -0.1) is 0 Å². The molecule has 0 unspecified atom stereocenters. The predicted molar refractivity (Wildman–Crippen MR) is 85.6 cm³/mol. The summed E-state index contributed by atoms with van der Waals surface area (Å²) in [6, 6.07) is -0.268. The van der Waals surface area contributed by atoms with Gasteiger partial charge in [0.1, 0.15) is 5.54 Å². The molecule has 1 saturated heterocycles. The molecule has 0 bridgehead atoms. The van der Waals surface area contributed by atoms with E-state index in [9.17, 15) is 14.4 Å². The highest BCUT2D eigenvalue weighted by molar-refractivity contribution is 6.07. The summed E-state index contributed by atoms with van der Waals surface area (Å²) in [5.41, 5.74) is -0.623. The number of nitrogens with zero attached hydrogens (tertiary/aromatic N) is 1. The minimum absolute atomic E-state index is 0.0707. The smallest absolute Gasteiger partial charge is 0.325 e. The van der Waals surface area contributed by atoms with Crippen LogP contribution in [0.4, 0.5) is 4.79 Å². The van der Waals surface area contributed by atoms with Crippen LogP contribution in [0.1, 0.15) is 64.2 Å². The molecule has 0 atom stereocenters. The molecule has 3 fully saturated rings. The van der Waals surface area contributed by atoms with E-state index in [1.165, 1.54) is 11.3 Å². The Balaban J connectivity index is 1.41. The normalized spacial score (nSPS) is 24.3. The van der Waals surface area contributed by atoms with Crippen molar-refractivity contribution in [2.75, 3.05) is 13.1 Å². The van der Waals surface area contributed by atoms with Gasteiger partial charge < -0.3 is 10.6 Å². The van der Waals surface area contributed by atoms with Crippen LogP contribution in [0.5, 0.6) is 0 Å². The summed E-state index contributed by atoms with van der Waals surface area (Å²) >= 11 is 0. The van der Waals surface area contributed by atoms with Crippen LogP contribution in [-0.4, -0.2) is 41.4 Å². The van der Waals surface area contributed by atoms with Crippen molar-refractivity contribution < 1.29 is 14.4 Å². The lowest BCUT2D eigenvalue weighted by Crippen LogP contribution is -2.44. The van der Waals surface area contributed by atoms with Crippen molar-refractivity contribution in [1.82, 2.24) is 15.5 Å². The molecule has 1 heterocycles. The first kappa shape index (κ1) is 16.3. The van der Waals surface area contributed by atoms with E-state index in [1.54, 1.807) is 0 Å². The molecule has 0 aromatic heterocycles. The van der Waals surface area contributed by atoms with Crippen LogP contribution in [0.25, 0.3) is 0 Å². The van der Waals surface area contributed by atoms with Crippen LogP contribution in [0, 0.1) is 5.92 Å². The fraction of sp³-hybridized carbons (Fsp3) is 0.824. The van der Waals surface area contributed by atoms with Crippen molar-refractivity contribution in [3.63, 3.8) is 0 Å². The van der Waals surface area contributed by atoms with Crippen molar-refractivity contribution in [3.8, 4) is 0 Å². The fourth-order valence-electron chi connectivity index (χ4n) is 4.15. The van der Waals surface area contributed by atoms with Gasteiger partial charge in [-0.3, -0.25) is 14.5 Å². The van der Waals surface area contributed by atoms with Gasteiger partial charge in [0.15, 0.2) is 0 Å². The number of carbonyl (C=O) groups is 3. The molecular formula is C17H27N3O3. The van der Waals surface area contributed by atoms with Gasteiger partial charge in [0, 0.05) is 19.0 Å². The lowest BCUT2D eigenvalue weighted by atomic mass is 9.89. The Kier molecular flexibility index (Phi) is 4.87. The zero-order valence-electron chi connectivity index (χ0n) is 13.7. The van der Waals surface area contributed by atoms with E-state index in [0.29, 0.717) is 19.5 Å². The molecule has 6 heteroatoms. The van der Waals surface area contributed by atoms with Crippen molar-refractivity contribution >= 4 is 17.8 Å². The van der Waals surface area contributed by atoms with Gasteiger partial charge in [0.25, 0.3) is 5.91 Å². The number of nitrogens with one attached hydrogen (secondary N) is 2. The summed E-state index contributed by atoms with van der Waals surface area (Å²) in [5.74, 6) is 0.218. The van der Waals surface area contributed by atoms with E-state index in [0.717, 1.165) is 51.4 Å². The first-order valence-corrected chi connectivity index (χ1v) is 9.04. The largest absolute Gasteiger partial charge is 0.356 e. The molecule has 2 saturated carbocycles. The minimum Gasteiger partial charge on any atom is -0.356 e. The zero-order chi connectivity index (χ0) is 16.3. The monoisotopic (exact) mass is 321 g/mol. The number of urea groups is 1. The molecule has 6 nitrogen and oxygen atoms in total. The first-order chi connectivity index (χ1) is 11.1. The molecule has 1 spiro atoms. The second kappa shape index (κ2) is 6.89. The van der Waals surface area contributed by atoms with Gasteiger partial charge in [-0.25, -0.2) is 4.79 Å². The molecule has 4 amide bonds. The number of hydrogen-bond donors (Lipinski definition) is 2. The maximum absolute atomic E-state index is 12.5. The Morgan fingerprint density at radius 2 is 1.83 bits per heavy atom. The molecule has 0 radical (unpaired) electrons. The van der Waals surface area contributed by atoms with Gasteiger partial charge in [0.05, 0.1) is 0 Å². The van der Waals surface area contributed by atoms with Crippen molar-refractivity contribution in [3.05, 3.63) is 0 Å². The van der Waals surface area contributed by atoms with Crippen molar-refractivity contribution in [1.29, 1.82) is 0 Å². The van der Waals surface area contributed by atoms with Crippen LogP contribution < -0.4 is 10.6 Å². The minimum atomic E-state index is -0.623. The number of carbonyl (C=O) groups excluding carboxylic acids is 3. The Morgan fingerprint density at radius 1 is 1.13 bits per heavy atom. The van der Waals surface area contributed by atoms with E-state index in [-0.39, 0.29) is 23.8 Å². The average molecular weight is 321 g/mol. The third-order valence-electron chi connectivity index (χ3n) is 5.54. The van der Waals surface area contributed by atoms with Crippen LogP contribution in [0.15, 0.2) is 0 Å². The molecule has 1 aliphatic heterocycles. The highest BCUT2D eigenvalue weighted by Gasteiger charge is 2.51. The summed E-state index contributed by atoms with van der Waals surface area (Å²) in [4.78, 5) is 37.9. The SMILES string of the molecule is O=C(NCCCN1C(=O)NC2(CCCC2)C1=O)C1CCCCC1. The maximum atomic E-state index is 12.5. The van der Waals surface area contributed by atoms with Gasteiger partial charge in [0.2, 0.25) is 5.91 Å². The molecule has 2 N–H and O–H groups in total. The first-order valence-electron chi connectivity index (χ1n) is 9.04. The van der Waals surface area contributed by atoms with Crippen LogP contribution >= 0.6 is 0 Å². The molecule has 3 rings (SSSR count). The molecule has 0 aromatic rings. The van der Waals surface area contributed by atoms with Gasteiger partial charge in [-0.05, 0) is 32.1 Å². The Morgan fingerprint density at radius 3 is 2.52 bits per heavy atom. The highest BCUT2D eigenvalue weighted by Crippen LogP contribution is 2.35. The molecule has 0 aromatic carbocycles. The summed E-state index contributed by atoms with van der Waals surface area (Å²) in [7, 11) is 0. The lowest BCUT2D eigenvalue weighted by Gasteiger charge is -2.21. The molecular weight excluding hydrogens is 294 g/mol. The average Bonchev–Trinajstić information content (AvgIpc) is 3.12. The molecule has 23 heavy (non-hydrogen) atoms. The Labute approximate surface area is 137 Å². The van der Waals surface area contributed by atoms with Gasteiger partial charge >= 0.3 is 6.03 Å². The number of amides is 4. The number of hydrogen-bond acceptors (Lipinski definition) is 3. The maximum Gasteiger partial charge on any atom is 0.325 e. The van der Waals surface area contributed by atoms with E-state index in [2.05, 4.69) is 10.6 Å². The lowest BCUT2D eigenvalue weighted by molar-refractivity contribution is -0.131. The fourth-order valence-corrected chi connectivity index (χ4v) is 4.15. The van der Waals surface area contributed by atoms with Gasteiger partial charge in [-0.1, -0.05) is 32.1 Å². The Bertz CT molecular complexity index is 479. The summed E-state index contributed by atoms with van der Waals surface area (Å²) in [6.45, 7) is 0.913. The predicted octanol–water partition coefficient (Wildman–Crippen LogP) is 1.94. The van der Waals surface area contributed by atoms with E-state index < -0.39 is 5.54 Å². The topological polar surface area (TPSA) is 78.5 Å². The van der Waals surface area contributed by atoms with Crippen molar-refractivity contribution in [2.24, 2.45) is 5.92 Å². The van der Waals surface area contributed by atoms with Gasteiger partial charge in [-0.2, -0.15) is 0 Å². The number of imide groups is 1. The second-order valence-electron chi connectivity index (χ2n) is 7.16. The molecule has 3 aliphatic rings.